The molecule has 5 nitrogen and oxygen atoms in total. The van der Waals surface area contributed by atoms with E-state index in [4.69, 9.17) is 16.3 Å². The number of alkyl halides is 1. The van der Waals surface area contributed by atoms with Crippen LogP contribution in [0, 0.1) is 11.6 Å². The number of nitrogens with one attached hydrogen (secondary N) is 1. The van der Waals surface area contributed by atoms with Gasteiger partial charge >= 0.3 is 0 Å². The van der Waals surface area contributed by atoms with Crippen molar-refractivity contribution < 1.29 is 22.7 Å². The molecule has 4 rings (SSSR count). The zero-order valence-electron chi connectivity index (χ0n) is 12.9. The van der Waals surface area contributed by atoms with Crippen LogP contribution in [-0.4, -0.2) is 34.5 Å². The minimum Gasteiger partial charge on any atom is -0.474 e. The summed E-state index contributed by atoms with van der Waals surface area (Å²) < 4.78 is 48.4. The molecule has 0 radical (unpaired) electrons. The van der Waals surface area contributed by atoms with Crippen molar-refractivity contribution in [3.05, 3.63) is 34.5 Å². The van der Waals surface area contributed by atoms with Crippen molar-refractivity contribution in [3.63, 3.8) is 0 Å². The monoisotopic (exact) mass is 371 g/mol. The molecule has 0 bridgehead atoms. The lowest BCUT2D eigenvalue weighted by molar-refractivity contribution is 0.0944. The maximum absolute atomic E-state index is 14.4. The van der Waals surface area contributed by atoms with E-state index in [1.807, 2.05) is 0 Å². The highest BCUT2D eigenvalue weighted by atomic mass is 35.5. The Labute approximate surface area is 145 Å². The first-order valence-electron chi connectivity index (χ1n) is 7.77. The molecule has 132 valence electrons. The molecule has 2 aliphatic rings. The standard InChI is InChI=1S/C16H13ClF3N3O2/c17-10-4-11(19)9(3-12(10)20)13-14(15(24)21-8-1-2-8)22-23-5-7(18)6-25-16(13)23/h3-4,7-8H,1-2,5-6H2,(H,21,24)/t7-/m0/s1. The quantitative estimate of drug-likeness (QED) is 0.843. The van der Waals surface area contributed by atoms with Crippen LogP contribution in [0.5, 0.6) is 5.88 Å². The van der Waals surface area contributed by atoms with Gasteiger partial charge < -0.3 is 10.1 Å². The Balaban J connectivity index is 1.87. The molecule has 0 unspecified atom stereocenters. The van der Waals surface area contributed by atoms with E-state index in [2.05, 4.69) is 10.4 Å². The van der Waals surface area contributed by atoms with Crippen molar-refractivity contribution in [2.45, 2.75) is 31.6 Å². The lowest BCUT2D eigenvalue weighted by Crippen LogP contribution is -2.27. The molecule has 1 aromatic carbocycles. The van der Waals surface area contributed by atoms with Crippen molar-refractivity contribution >= 4 is 17.5 Å². The molecule has 25 heavy (non-hydrogen) atoms. The number of aromatic nitrogens is 2. The van der Waals surface area contributed by atoms with Gasteiger partial charge in [-0.2, -0.15) is 5.10 Å². The van der Waals surface area contributed by atoms with Gasteiger partial charge in [-0.15, -0.1) is 0 Å². The molecule has 9 heteroatoms. The minimum atomic E-state index is -1.30. The van der Waals surface area contributed by atoms with Crippen LogP contribution < -0.4 is 10.1 Å². The predicted octanol–water partition coefficient (Wildman–Crippen LogP) is 3.10. The summed E-state index contributed by atoms with van der Waals surface area (Å²) in [6.45, 7) is -0.378. The fraction of sp³-hybridized carbons (Fsp3) is 0.375. The molecule has 0 spiro atoms. The second kappa shape index (κ2) is 5.94. The summed E-state index contributed by atoms with van der Waals surface area (Å²) in [6.07, 6.45) is 0.398. The SMILES string of the molecule is O=C(NC1CC1)c1nn2c(c1-c1cc(F)c(Cl)cc1F)OC[C@@H](F)C2. The van der Waals surface area contributed by atoms with E-state index >= 15 is 0 Å². The Bertz CT molecular complexity index is 867. The highest BCUT2D eigenvalue weighted by Gasteiger charge is 2.34. The maximum atomic E-state index is 14.4. The van der Waals surface area contributed by atoms with E-state index in [0.29, 0.717) is 0 Å². The van der Waals surface area contributed by atoms with Crippen molar-refractivity contribution in [1.82, 2.24) is 15.1 Å². The number of benzene rings is 1. The van der Waals surface area contributed by atoms with Crippen LogP contribution >= 0.6 is 11.6 Å². The largest absolute Gasteiger partial charge is 0.474 e. The van der Waals surface area contributed by atoms with Crippen molar-refractivity contribution in [1.29, 1.82) is 0 Å². The molecule has 1 amide bonds. The van der Waals surface area contributed by atoms with E-state index in [9.17, 15) is 18.0 Å². The minimum absolute atomic E-state index is 0.00174. The normalized spacial score (nSPS) is 19.3. The smallest absolute Gasteiger partial charge is 0.272 e. The number of ether oxygens (including phenoxy) is 1. The summed E-state index contributed by atoms with van der Waals surface area (Å²) in [6, 6.07) is 1.74. The molecular weight excluding hydrogens is 359 g/mol. The summed E-state index contributed by atoms with van der Waals surface area (Å²) in [4.78, 5) is 12.5. The Morgan fingerprint density at radius 3 is 2.80 bits per heavy atom. The molecule has 2 aromatic rings. The predicted molar refractivity (Wildman–Crippen MR) is 83.5 cm³/mol. The summed E-state index contributed by atoms with van der Waals surface area (Å²) in [5.41, 5.74) is -0.337. The zero-order valence-corrected chi connectivity index (χ0v) is 13.6. The maximum Gasteiger partial charge on any atom is 0.272 e. The molecule has 1 N–H and O–H groups in total. The van der Waals surface area contributed by atoms with Gasteiger partial charge in [0.2, 0.25) is 5.88 Å². The number of fused-ring (bicyclic) bond motifs is 1. The molecule has 1 fully saturated rings. The lowest BCUT2D eigenvalue weighted by Gasteiger charge is -2.19. The third-order valence-electron chi connectivity index (χ3n) is 4.08. The van der Waals surface area contributed by atoms with Crippen LogP contribution in [0.25, 0.3) is 11.1 Å². The number of hydrogen-bond acceptors (Lipinski definition) is 3. The molecule has 1 aromatic heterocycles. The Morgan fingerprint density at radius 2 is 2.08 bits per heavy atom. The number of amides is 1. The van der Waals surface area contributed by atoms with Gasteiger partial charge in [0.05, 0.1) is 17.1 Å². The average molecular weight is 372 g/mol. The first kappa shape index (κ1) is 16.3. The molecule has 1 aliphatic carbocycles. The summed E-state index contributed by atoms with van der Waals surface area (Å²) in [7, 11) is 0. The van der Waals surface area contributed by atoms with Crippen LogP contribution in [0.15, 0.2) is 12.1 Å². The second-order valence-corrected chi connectivity index (χ2v) is 6.52. The Morgan fingerprint density at radius 1 is 1.32 bits per heavy atom. The van der Waals surface area contributed by atoms with E-state index < -0.39 is 23.7 Å². The lowest BCUT2D eigenvalue weighted by atomic mass is 10.0. The van der Waals surface area contributed by atoms with Crippen molar-refractivity contribution in [2.24, 2.45) is 0 Å². The Hall–Kier alpha value is -2.22. The third-order valence-corrected chi connectivity index (χ3v) is 4.37. The summed E-state index contributed by atoms with van der Waals surface area (Å²) in [5.74, 6) is -2.16. The van der Waals surface area contributed by atoms with Crippen LogP contribution in [0.2, 0.25) is 5.02 Å². The molecule has 1 saturated carbocycles. The first-order chi connectivity index (χ1) is 11.9. The first-order valence-corrected chi connectivity index (χ1v) is 8.15. The van der Waals surface area contributed by atoms with Gasteiger partial charge in [-0.05, 0) is 25.0 Å². The molecule has 1 aliphatic heterocycles. The number of rotatable bonds is 3. The van der Waals surface area contributed by atoms with Gasteiger partial charge in [0, 0.05) is 11.6 Å². The van der Waals surface area contributed by atoms with Gasteiger partial charge in [-0.3, -0.25) is 4.79 Å². The van der Waals surface area contributed by atoms with Crippen LogP contribution in [0.4, 0.5) is 13.2 Å². The summed E-state index contributed by atoms with van der Waals surface area (Å²) >= 11 is 5.59. The van der Waals surface area contributed by atoms with Crippen LogP contribution in [0.1, 0.15) is 23.3 Å². The third kappa shape index (κ3) is 2.95. The van der Waals surface area contributed by atoms with Gasteiger partial charge in [0.1, 0.15) is 18.2 Å². The van der Waals surface area contributed by atoms with Gasteiger partial charge in [0.25, 0.3) is 5.91 Å². The van der Waals surface area contributed by atoms with Gasteiger partial charge in [0.15, 0.2) is 11.9 Å². The van der Waals surface area contributed by atoms with Crippen LogP contribution in [-0.2, 0) is 6.54 Å². The second-order valence-electron chi connectivity index (χ2n) is 6.11. The molecule has 1 atom stereocenters. The number of nitrogens with zero attached hydrogens (tertiary/aromatic N) is 2. The van der Waals surface area contributed by atoms with E-state index in [-0.39, 0.29) is 46.9 Å². The molecular formula is C16H13ClF3N3O2. The van der Waals surface area contributed by atoms with Crippen molar-refractivity contribution in [2.75, 3.05) is 6.61 Å². The highest BCUT2D eigenvalue weighted by molar-refractivity contribution is 6.30. The molecule has 0 saturated heterocycles. The number of hydrogen-bond donors (Lipinski definition) is 1. The fourth-order valence-corrected chi connectivity index (χ4v) is 2.87. The number of carbonyl (C=O) groups is 1. The van der Waals surface area contributed by atoms with Gasteiger partial charge in [-0.25, -0.2) is 17.9 Å². The topological polar surface area (TPSA) is 56.2 Å². The number of halogens is 4. The zero-order chi connectivity index (χ0) is 17.7. The van der Waals surface area contributed by atoms with Crippen molar-refractivity contribution in [3.8, 4) is 17.0 Å². The van der Waals surface area contributed by atoms with Crippen LogP contribution in [0.3, 0.4) is 0 Å². The number of carbonyl (C=O) groups excluding carboxylic acids is 1. The highest BCUT2D eigenvalue weighted by Crippen LogP contribution is 2.39. The molecule has 2 heterocycles. The Kier molecular flexibility index (Phi) is 3.87. The van der Waals surface area contributed by atoms with E-state index in [0.717, 1.165) is 29.7 Å². The van der Waals surface area contributed by atoms with Gasteiger partial charge in [-0.1, -0.05) is 11.6 Å². The average Bonchev–Trinajstić information content (AvgIpc) is 3.29. The van der Waals surface area contributed by atoms with E-state index in [1.165, 1.54) is 0 Å². The fourth-order valence-electron chi connectivity index (χ4n) is 2.72. The summed E-state index contributed by atoms with van der Waals surface area (Å²) in [5, 5.41) is 6.43. The van der Waals surface area contributed by atoms with E-state index in [1.54, 1.807) is 0 Å².